The van der Waals surface area contributed by atoms with Crippen LogP contribution >= 0.6 is 0 Å². The number of imidazole rings is 1. The standard InChI is InChI=1S/C24H23N5O2/c30-23(17-7-3-1-4-8-17)25-21-15-19-20(27-24(31)26-19)16-22(21)29-13-11-28(12-14-29)18-9-5-2-6-10-18/h1-10,15-16H,11-14H2,(H,25,30)(H2,26,27,31). The van der Waals surface area contributed by atoms with E-state index in [0.29, 0.717) is 16.8 Å². The number of benzene rings is 3. The number of anilines is 3. The number of carbonyl (C=O) groups excluding carboxylic acids is 1. The summed E-state index contributed by atoms with van der Waals surface area (Å²) in [4.78, 5) is 34.8. The van der Waals surface area contributed by atoms with Gasteiger partial charge < -0.3 is 25.1 Å². The summed E-state index contributed by atoms with van der Waals surface area (Å²) >= 11 is 0. The van der Waals surface area contributed by atoms with Crippen LogP contribution in [0.2, 0.25) is 0 Å². The molecule has 1 fully saturated rings. The number of para-hydroxylation sites is 1. The van der Waals surface area contributed by atoms with E-state index < -0.39 is 0 Å². The number of rotatable bonds is 4. The van der Waals surface area contributed by atoms with Crippen molar-refractivity contribution in [3.63, 3.8) is 0 Å². The minimum absolute atomic E-state index is 0.179. The van der Waals surface area contributed by atoms with Gasteiger partial charge in [0.2, 0.25) is 0 Å². The lowest BCUT2D eigenvalue weighted by atomic mass is 10.1. The van der Waals surface area contributed by atoms with E-state index in [9.17, 15) is 9.59 Å². The van der Waals surface area contributed by atoms with Crippen molar-refractivity contribution in [3.8, 4) is 0 Å². The maximum absolute atomic E-state index is 12.8. The van der Waals surface area contributed by atoms with Crippen molar-refractivity contribution in [2.45, 2.75) is 0 Å². The first kappa shape index (κ1) is 19.0. The smallest absolute Gasteiger partial charge is 0.323 e. The molecule has 2 heterocycles. The van der Waals surface area contributed by atoms with Gasteiger partial charge in [0.15, 0.2) is 0 Å². The van der Waals surface area contributed by atoms with Gasteiger partial charge in [0.25, 0.3) is 5.91 Å². The van der Waals surface area contributed by atoms with Crippen LogP contribution in [0.25, 0.3) is 11.0 Å². The number of piperazine rings is 1. The van der Waals surface area contributed by atoms with Crippen LogP contribution in [0.1, 0.15) is 10.4 Å². The predicted molar refractivity (Wildman–Crippen MR) is 124 cm³/mol. The van der Waals surface area contributed by atoms with Crippen LogP contribution in [-0.2, 0) is 0 Å². The average Bonchev–Trinajstić information content (AvgIpc) is 3.18. The number of aromatic amines is 2. The van der Waals surface area contributed by atoms with Crippen molar-refractivity contribution in [3.05, 3.63) is 88.8 Å². The fourth-order valence-corrected chi connectivity index (χ4v) is 4.06. The molecule has 0 atom stereocenters. The molecule has 0 radical (unpaired) electrons. The number of nitrogens with zero attached hydrogens (tertiary/aromatic N) is 2. The highest BCUT2D eigenvalue weighted by atomic mass is 16.2. The molecule has 3 N–H and O–H groups in total. The summed E-state index contributed by atoms with van der Waals surface area (Å²) in [6, 6.07) is 23.3. The Kier molecular flexibility index (Phi) is 4.92. The lowest BCUT2D eigenvalue weighted by Crippen LogP contribution is -2.46. The second-order valence-corrected chi connectivity index (χ2v) is 7.62. The molecule has 7 heteroatoms. The first-order valence-electron chi connectivity index (χ1n) is 10.3. The molecule has 4 aromatic rings. The Morgan fingerprint density at radius 2 is 1.35 bits per heavy atom. The van der Waals surface area contributed by atoms with E-state index >= 15 is 0 Å². The third-order valence-corrected chi connectivity index (χ3v) is 5.66. The van der Waals surface area contributed by atoms with Crippen LogP contribution in [0.3, 0.4) is 0 Å². The number of hydrogen-bond donors (Lipinski definition) is 3. The first-order valence-corrected chi connectivity index (χ1v) is 10.3. The Hall–Kier alpha value is -4.00. The number of hydrogen-bond acceptors (Lipinski definition) is 4. The van der Waals surface area contributed by atoms with E-state index in [1.165, 1.54) is 5.69 Å². The van der Waals surface area contributed by atoms with E-state index in [2.05, 4.69) is 49.4 Å². The minimum atomic E-state index is -0.263. The van der Waals surface area contributed by atoms with E-state index in [0.717, 1.165) is 37.4 Å². The molecule has 3 aromatic carbocycles. The Morgan fingerprint density at radius 1 is 0.774 bits per heavy atom. The molecule has 5 rings (SSSR count). The summed E-state index contributed by atoms with van der Waals surface area (Å²) in [5, 5.41) is 3.04. The summed E-state index contributed by atoms with van der Waals surface area (Å²) in [6.07, 6.45) is 0. The van der Waals surface area contributed by atoms with Crippen LogP contribution in [0.15, 0.2) is 77.6 Å². The van der Waals surface area contributed by atoms with Gasteiger partial charge in [0, 0.05) is 37.4 Å². The molecule has 156 valence electrons. The van der Waals surface area contributed by atoms with Crippen molar-refractivity contribution in [1.29, 1.82) is 0 Å². The van der Waals surface area contributed by atoms with E-state index in [1.807, 2.05) is 36.4 Å². The number of H-pyrrole nitrogens is 2. The van der Waals surface area contributed by atoms with E-state index in [4.69, 9.17) is 0 Å². The predicted octanol–water partition coefficient (Wildman–Crippen LogP) is 3.44. The fraction of sp³-hybridized carbons (Fsp3) is 0.167. The summed E-state index contributed by atoms with van der Waals surface area (Å²) in [7, 11) is 0. The maximum atomic E-state index is 12.8. The molecular formula is C24H23N5O2. The molecule has 0 unspecified atom stereocenters. The highest BCUT2D eigenvalue weighted by Crippen LogP contribution is 2.31. The van der Waals surface area contributed by atoms with Gasteiger partial charge in [0.1, 0.15) is 0 Å². The van der Waals surface area contributed by atoms with Crippen LogP contribution in [0.5, 0.6) is 0 Å². The molecule has 0 aliphatic carbocycles. The lowest BCUT2D eigenvalue weighted by molar-refractivity contribution is 0.102. The molecule has 1 saturated heterocycles. The van der Waals surface area contributed by atoms with Gasteiger partial charge in [0.05, 0.1) is 22.4 Å². The molecule has 0 spiro atoms. The van der Waals surface area contributed by atoms with Gasteiger partial charge in [-0.25, -0.2) is 4.79 Å². The third kappa shape index (κ3) is 3.90. The van der Waals surface area contributed by atoms with Gasteiger partial charge >= 0.3 is 5.69 Å². The van der Waals surface area contributed by atoms with Crippen LogP contribution in [0.4, 0.5) is 17.1 Å². The van der Waals surface area contributed by atoms with Crippen molar-refractivity contribution in [1.82, 2.24) is 9.97 Å². The maximum Gasteiger partial charge on any atom is 0.323 e. The topological polar surface area (TPSA) is 84.2 Å². The molecule has 1 aliphatic rings. The average molecular weight is 413 g/mol. The molecule has 1 amide bonds. The van der Waals surface area contributed by atoms with Crippen molar-refractivity contribution >= 4 is 34.0 Å². The molecule has 0 bridgehead atoms. The van der Waals surface area contributed by atoms with Crippen LogP contribution < -0.4 is 20.8 Å². The number of nitrogens with one attached hydrogen (secondary N) is 3. The zero-order valence-electron chi connectivity index (χ0n) is 17.0. The fourth-order valence-electron chi connectivity index (χ4n) is 4.06. The van der Waals surface area contributed by atoms with Gasteiger partial charge in [-0.1, -0.05) is 36.4 Å². The number of carbonyl (C=O) groups is 1. The quantitative estimate of drug-likeness (QED) is 0.479. The Labute approximate surface area is 179 Å². The first-order chi connectivity index (χ1) is 15.2. The highest BCUT2D eigenvalue weighted by molar-refractivity contribution is 6.07. The molecule has 7 nitrogen and oxygen atoms in total. The van der Waals surface area contributed by atoms with E-state index in [1.54, 1.807) is 12.1 Å². The zero-order valence-corrected chi connectivity index (χ0v) is 17.0. The summed E-state index contributed by atoms with van der Waals surface area (Å²) in [5.41, 5.74) is 4.52. The second-order valence-electron chi connectivity index (χ2n) is 7.62. The van der Waals surface area contributed by atoms with Gasteiger partial charge in [-0.2, -0.15) is 0 Å². The van der Waals surface area contributed by atoms with Crippen LogP contribution in [0, 0.1) is 0 Å². The Balaban J connectivity index is 1.44. The summed E-state index contributed by atoms with van der Waals surface area (Å²) < 4.78 is 0. The van der Waals surface area contributed by atoms with Gasteiger partial charge in [-0.3, -0.25) is 4.79 Å². The Morgan fingerprint density at radius 3 is 2.03 bits per heavy atom. The molecule has 0 saturated carbocycles. The largest absolute Gasteiger partial charge is 0.368 e. The van der Waals surface area contributed by atoms with Crippen LogP contribution in [-0.4, -0.2) is 42.1 Å². The SMILES string of the molecule is O=C(Nc1cc2[nH]c(=O)[nH]c2cc1N1CCN(c2ccccc2)CC1)c1ccccc1. The highest BCUT2D eigenvalue weighted by Gasteiger charge is 2.21. The number of aromatic nitrogens is 2. The van der Waals surface area contributed by atoms with Gasteiger partial charge in [-0.05, 0) is 36.4 Å². The zero-order chi connectivity index (χ0) is 21.2. The second kappa shape index (κ2) is 8.02. The van der Waals surface area contributed by atoms with E-state index in [-0.39, 0.29) is 11.6 Å². The van der Waals surface area contributed by atoms with Gasteiger partial charge in [-0.15, -0.1) is 0 Å². The number of amides is 1. The molecule has 31 heavy (non-hydrogen) atoms. The molecule has 1 aliphatic heterocycles. The minimum Gasteiger partial charge on any atom is -0.368 e. The van der Waals surface area contributed by atoms with Crippen molar-refractivity contribution < 1.29 is 4.79 Å². The summed E-state index contributed by atoms with van der Waals surface area (Å²) in [5.74, 6) is -0.179. The monoisotopic (exact) mass is 413 g/mol. The summed E-state index contributed by atoms with van der Waals surface area (Å²) in [6.45, 7) is 3.36. The number of fused-ring (bicyclic) bond motifs is 1. The third-order valence-electron chi connectivity index (χ3n) is 5.66. The molecular weight excluding hydrogens is 390 g/mol. The Bertz CT molecular complexity index is 1260. The van der Waals surface area contributed by atoms with Crippen molar-refractivity contribution in [2.24, 2.45) is 0 Å². The normalized spacial score (nSPS) is 14.1. The van der Waals surface area contributed by atoms with Crippen molar-refractivity contribution in [2.75, 3.05) is 41.3 Å². The lowest BCUT2D eigenvalue weighted by Gasteiger charge is -2.38. The molecule has 1 aromatic heterocycles.